The predicted molar refractivity (Wildman–Crippen MR) is 110 cm³/mol. The van der Waals surface area contributed by atoms with E-state index < -0.39 is 12.1 Å². The van der Waals surface area contributed by atoms with E-state index in [9.17, 15) is 14.7 Å². The van der Waals surface area contributed by atoms with Crippen molar-refractivity contribution in [3.8, 4) is 0 Å². The van der Waals surface area contributed by atoms with Gasteiger partial charge in [0.1, 0.15) is 6.04 Å². The molecule has 2 amide bonds. The highest BCUT2D eigenvalue weighted by atomic mass is 35.5. The number of rotatable bonds is 7. The van der Waals surface area contributed by atoms with Crippen molar-refractivity contribution in [2.75, 3.05) is 19.6 Å². The number of β-amino-alcohol motifs (C(OH)–C–C–N with tert-alkyl or cyclic N) is 1. The number of hydrogen-bond donors (Lipinski definition) is 4. The minimum Gasteiger partial charge on any atom is -0.391 e. The third kappa shape index (κ3) is 6.05. The lowest BCUT2D eigenvalue weighted by Crippen LogP contribution is -2.49. The molecule has 0 spiro atoms. The number of carbonyl (C=O) groups is 2. The van der Waals surface area contributed by atoms with Gasteiger partial charge in [-0.1, -0.05) is 48.5 Å². The number of aliphatic hydroxyl groups excluding tert-OH is 1. The van der Waals surface area contributed by atoms with Crippen LogP contribution in [0, 0.1) is 5.92 Å². The fourth-order valence-corrected chi connectivity index (χ4v) is 3.17. The lowest BCUT2D eigenvalue weighted by Gasteiger charge is -2.21. The Bertz CT molecular complexity index is 758. The molecule has 1 saturated heterocycles. The Morgan fingerprint density at radius 2 is 1.68 bits per heavy atom. The third-order valence-corrected chi connectivity index (χ3v) is 4.78. The molecule has 2 aromatic carbocycles. The number of amides is 2. The summed E-state index contributed by atoms with van der Waals surface area (Å²) in [6.07, 6.45) is -0.0618. The molecule has 0 bridgehead atoms. The first-order valence-corrected chi connectivity index (χ1v) is 9.20. The number of nitrogens with one attached hydrogen (secondary N) is 3. The number of hydrogen-bond acceptors (Lipinski definition) is 4. The molecule has 7 heteroatoms. The standard InChI is InChI=1S/C21H25N3O3.ClH/c25-19-14-22-12-17(19)13-23-21(27)18(11-15-7-3-1-4-8-15)24-20(26)16-9-5-2-6-10-16;/h1-10,17-19,22,25H,11-14H2,(H,23,27)(H,24,26);1H. The Balaban J connectivity index is 0.00000280. The maximum absolute atomic E-state index is 12.7. The number of carbonyl (C=O) groups excluding carboxylic acids is 2. The normalized spacial score (nSPS) is 19.3. The highest BCUT2D eigenvalue weighted by molar-refractivity contribution is 5.97. The second kappa shape index (κ2) is 10.8. The van der Waals surface area contributed by atoms with Crippen molar-refractivity contribution >= 4 is 24.2 Å². The molecule has 3 unspecified atom stereocenters. The second-order valence-corrected chi connectivity index (χ2v) is 6.81. The molecule has 3 rings (SSSR count). The molecule has 0 saturated carbocycles. The van der Waals surface area contributed by atoms with Crippen molar-refractivity contribution in [1.29, 1.82) is 0 Å². The molecule has 1 fully saturated rings. The smallest absolute Gasteiger partial charge is 0.251 e. The molecule has 6 nitrogen and oxygen atoms in total. The minimum absolute atomic E-state index is 0. The van der Waals surface area contributed by atoms with Crippen LogP contribution in [-0.2, 0) is 11.2 Å². The van der Waals surface area contributed by atoms with Gasteiger partial charge in [-0.15, -0.1) is 12.4 Å². The van der Waals surface area contributed by atoms with Gasteiger partial charge < -0.3 is 21.1 Å². The Kier molecular flexibility index (Phi) is 8.44. The van der Waals surface area contributed by atoms with E-state index in [4.69, 9.17) is 0 Å². The fourth-order valence-electron chi connectivity index (χ4n) is 3.17. The minimum atomic E-state index is -0.688. The molecule has 0 aromatic heterocycles. The van der Waals surface area contributed by atoms with Crippen LogP contribution in [0.4, 0.5) is 0 Å². The first kappa shape index (κ1) is 21.9. The van der Waals surface area contributed by atoms with E-state index in [0.717, 1.165) is 5.56 Å². The van der Waals surface area contributed by atoms with Gasteiger partial charge in [-0.2, -0.15) is 0 Å². The lowest BCUT2D eigenvalue weighted by atomic mass is 10.0. The quantitative estimate of drug-likeness (QED) is 0.558. The molecular formula is C21H26ClN3O3. The van der Waals surface area contributed by atoms with Crippen LogP contribution < -0.4 is 16.0 Å². The average Bonchev–Trinajstić information content (AvgIpc) is 3.12. The number of aliphatic hydroxyl groups is 1. The molecule has 0 radical (unpaired) electrons. The fraction of sp³-hybridized carbons (Fsp3) is 0.333. The van der Waals surface area contributed by atoms with Crippen LogP contribution in [0.15, 0.2) is 60.7 Å². The first-order valence-electron chi connectivity index (χ1n) is 9.20. The maximum atomic E-state index is 12.7. The van der Waals surface area contributed by atoms with Crippen LogP contribution in [0.1, 0.15) is 15.9 Å². The van der Waals surface area contributed by atoms with Crippen molar-refractivity contribution in [3.63, 3.8) is 0 Å². The predicted octanol–water partition coefficient (Wildman–Crippen LogP) is 1.15. The monoisotopic (exact) mass is 403 g/mol. The van der Waals surface area contributed by atoms with E-state index in [1.54, 1.807) is 24.3 Å². The van der Waals surface area contributed by atoms with Gasteiger partial charge in [-0.05, 0) is 17.7 Å². The zero-order valence-electron chi connectivity index (χ0n) is 15.5. The molecular weight excluding hydrogens is 378 g/mol. The summed E-state index contributed by atoms with van der Waals surface area (Å²) < 4.78 is 0. The molecule has 1 heterocycles. The van der Waals surface area contributed by atoms with E-state index in [0.29, 0.717) is 31.6 Å². The van der Waals surface area contributed by atoms with Crippen LogP contribution in [-0.4, -0.2) is 48.7 Å². The van der Waals surface area contributed by atoms with E-state index in [2.05, 4.69) is 16.0 Å². The SMILES string of the molecule is Cl.O=C(NC(Cc1ccccc1)C(=O)NCC1CNCC1O)c1ccccc1. The molecule has 1 aliphatic heterocycles. The summed E-state index contributed by atoms with van der Waals surface area (Å²) in [6, 6.07) is 17.7. The molecule has 1 aliphatic rings. The Hall–Kier alpha value is -2.41. The van der Waals surface area contributed by atoms with E-state index in [-0.39, 0.29) is 30.1 Å². The van der Waals surface area contributed by atoms with Crippen molar-refractivity contribution in [2.45, 2.75) is 18.6 Å². The van der Waals surface area contributed by atoms with E-state index in [1.807, 2.05) is 36.4 Å². The third-order valence-electron chi connectivity index (χ3n) is 4.78. The molecule has 3 atom stereocenters. The Morgan fingerprint density at radius 3 is 2.29 bits per heavy atom. The van der Waals surface area contributed by atoms with Gasteiger partial charge >= 0.3 is 0 Å². The van der Waals surface area contributed by atoms with Crippen LogP contribution >= 0.6 is 12.4 Å². The topological polar surface area (TPSA) is 90.5 Å². The molecule has 2 aromatic rings. The summed E-state index contributed by atoms with van der Waals surface area (Å²) >= 11 is 0. The summed E-state index contributed by atoms with van der Waals surface area (Å²) in [5.41, 5.74) is 1.48. The molecule has 0 aliphatic carbocycles. The van der Waals surface area contributed by atoms with Gasteiger partial charge in [-0.25, -0.2) is 0 Å². The summed E-state index contributed by atoms with van der Waals surface area (Å²) in [6.45, 7) is 1.58. The van der Waals surface area contributed by atoms with Crippen molar-refractivity contribution < 1.29 is 14.7 Å². The van der Waals surface area contributed by atoms with Crippen LogP contribution in [0.2, 0.25) is 0 Å². The van der Waals surface area contributed by atoms with Gasteiger partial charge in [0, 0.05) is 37.5 Å². The van der Waals surface area contributed by atoms with E-state index in [1.165, 1.54) is 0 Å². The van der Waals surface area contributed by atoms with Gasteiger partial charge in [0.2, 0.25) is 5.91 Å². The summed E-state index contributed by atoms with van der Waals surface area (Å²) in [5.74, 6) is -0.548. The Morgan fingerprint density at radius 1 is 1.04 bits per heavy atom. The summed E-state index contributed by atoms with van der Waals surface area (Å²) in [7, 11) is 0. The van der Waals surface area contributed by atoms with Crippen molar-refractivity contribution in [2.24, 2.45) is 5.92 Å². The zero-order valence-corrected chi connectivity index (χ0v) is 16.3. The highest BCUT2D eigenvalue weighted by Crippen LogP contribution is 2.09. The van der Waals surface area contributed by atoms with Gasteiger partial charge in [0.15, 0.2) is 0 Å². The molecule has 150 valence electrons. The van der Waals surface area contributed by atoms with E-state index >= 15 is 0 Å². The lowest BCUT2D eigenvalue weighted by molar-refractivity contribution is -0.123. The molecule has 28 heavy (non-hydrogen) atoms. The second-order valence-electron chi connectivity index (χ2n) is 6.81. The maximum Gasteiger partial charge on any atom is 0.251 e. The molecule has 4 N–H and O–H groups in total. The first-order chi connectivity index (χ1) is 13.1. The summed E-state index contributed by atoms with van der Waals surface area (Å²) in [4.78, 5) is 25.3. The number of benzene rings is 2. The largest absolute Gasteiger partial charge is 0.391 e. The summed E-state index contributed by atoms with van der Waals surface area (Å²) in [5, 5.41) is 18.7. The zero-order chi connectivity index (χ0) is 19.1. The average molecular weight is 404 g/mol. The van der Waals surface area contributed by atoms with Crippen molar-refractivity contribution in [1.82, 2.24) is 16.0 Å². The highest BCUT2D eigenvalue weighted by Gasteiger charge is 2.27. The van der Waals surface area contributed by atoms with Crippen LogP contribution in [0.5, 0.6) is 0 Å². The van der Waals surface area contributed by atoms with Gasteiger partial charge in [-0.3, -0.25) is 9.59 Å². The Labute approximate surface area is 171 Å². The van der Waals surface area contributed by atoms with Crippen molar-refractivity contribution in [3.05, 3.63) is 71.8 Å². The van der Waals surface area contributed by atoms with Crippen LogP contribution in [0.3, 0.4) is 0 Å². The van der Waals surface area contributed by atoms with Gasteiger partial charge in [0.25, 0.3) is 5.91 Å². The van der Waals surface area contributed by atoms with Crippen LogP contribution in [0.25, 0.3) is 0 Å². The number of halogens is 1. The van der Waals surface area contributed by atoms with Gasteiger partial charge in [0.05, 0.1) is 6.10 Å².